The minimum atomic E-state index is -2.20. The molecule has 0 spiro atoms. The van der Waals surface area contributed by atoms with Gasteiger partial charge in [-0.2, -0.15) is 0 Å². The Kier molecular flexibility index (Phi) is 3.77. The first-order valence-electron chi connectivity index (χ1n) is 3.71. The maximum atomic E-state index is 10.5. The van der Waals surface area contributed by atoms with Gasteiger partial charge >= 0.3 is 5.97 Å². The largest absolute Gasteiger partial charge is 0.479 e. The monoisotopic (exact) mass is 195 g/mol. The summed E-state index contributed by atoms with van der Waals surface area (Å²) < 4.78 is 6.09. The highest BCUT2D eigenvalue weighted by Gasteiger charge is 2.33. The highest BCUT2D eigenvalue weighted by molar-refractivity contribution is 5.73. The van der Waals surface area contributed by atoms with Crippen LogP contribution in [-0.2, 0) is 9.59 Å². The van der Waals surface area contributed by atoms with Crippen molar-refractivity contribution in [1.29, 1.82) is 1.43 Å². The molecule has 0 radical (unpaired) electrons. The molecular formula is C6H10O7. The Morgan fingerprint density at radius 3 is 2.15 bits per heavy atom. The number of aliphatic hydroxyl groups is 4. The summed E-state index contributed by atoms with van der Waals surface area (Å²) in [6, 6.07) is 0. The molecule has 0 aliphatic rings. The Bertz CT molecular complexity index is 208. The Hall–Kier alpha value is -1.02. The van der Waals surface area contributed by atoms with Crippen LogP contribution in [0.2, 0.25) is 0 Å². The summed E-state index contributed by atoms with van der Waals surface area (Å²) in [7, 11) is 0. The summed E-state index contributed by atoms with van der Waals surface area (Å²) in [6.45, 7) is 0. The molecule has 0 aliphatic heterocycles. The highest BCUT2D eigenvalue weighted by Crippen LogP contribution is 2.03. The maximum Gasteiger partial charge on any atom is 0.335 e. The van der Waals surface area contributed by atoms with E-state index in [0.717, 1.165) is 0 Å². The van der Waals surface area contributed by atoms with Gasteiger partial charge in [0.15, 0.2) is 12.4 Å². The lowest BCUT2D eigenvalue weighted by molar-refractivity contribution is -0.163. The van der Waals surface area contributed by atoms with E-state index in [4.69, 9.17) is 21.9 Å². The normalized spacial score (nSPS) is 20.8. The highest BCUT2D eigenvalue weighted by atomic mass is 16.4. The van der Waals surface area contributed by atoms with E-state index in [9.17, 15) is 9.59 Å². The Morgan fingerprint density at radius 1 is 1.23 bits per heavy atom. The van der Waals surface area contributed by atoms with Gasteiger partial charge in [-0.1, -0.05) is 0 Å². The lowest BCUT2D eigenvalue weighted by atomic mass is 10.0. The quantitative estimate of drug-likeness (QED) is 0.290. The number of aliphatic carboxylic acids is 1. The van der Waals surface area contributed by atoms with Gasteiger partial charge < -0.3 is 30.3 Å². The fourth-order valence-electron chi connectivity index (χ4n) is 0.609. The lowest BCUT2D eigenvalue weighted by Crippen LogP contribution is -2.48. The number of hydrogen-bond acceptors (Lipinski definition) is 7. The van der Waals surface area contributed by atoms with Crippen molar-refractivity contribution in [3.8, 4) is 0 Å². The van der Waals surface area contributed by atoms with E-state index in [-0.39, 0.29) is 6.29 Å². The van der Waals surface area contributed by atoms with Gasteiger partial charge in [0.05, 0.1) is 0 Å². The van der Waals surface area contributed by atoms with E-state index in [0.29, 0.717) is 0 Å². The van der Waals surface area contributed by atoms with Crippen molar-refractivity contribution in [3.05, 3.63) is 0 Å². The Labute approximate surface area is 74.3 Å². The van der Waals surface area contributed by atoms with Gasteiger partial charge in [-0.15, -0.1) is 0 Å². The van der Waals surface area contributed by atoms with Gasteiger partial charge in [-0.3, -0.25) is 0 Å². The third-order valence-electron chi connectivity index (χ3n) is 1.40. The minimum absolute atomic E-state index is 0.0768. The molecule has 5 N–H and O–H groups in total. The number of carboxylic acids is 1. The number of carbonyl (C=O) groups is 2. The Morgan fingerprint density at radius 2 is 1.77 bits per heavy atom. The van der Waals surface area contributed by atoms with Gasteiger partial charge in [0, 0.05) is 0 Å². The zero-order valence-corrected chi connectivity index (χ0v) is 6.40. The van der Waals surface area contributed by atoms with Crippen LogP contribution >= 0.6 is 0 Å². The summed E-state index contributed by atoms with van der Waals surface area (Å²) in [5.41, 5.74) is 0. The molecule has 0 aromatic heterocycles. The van der Waals surface area contributed by atoms with Gasteiger partial charge in [0.2, 0.25) is 0 Å². The number of hydrogen-bond donors (Lipinski definition) is 5. The van der Waals surface area contributed by atoms with Crippen LogP contribution < -0.4 is 0 Å². The van der Waals surface area contributed by atoms with Crippen LogP contribution in [-0.4, -0.2) is 62.2 Å². The zero-order valence-electron chi connectivity index (χ0n) is 7.40. The summed E-state index contributed by atoms with van der Waals surface area (Å²) in [4.78, 5) is 20.4. The first-order chi connectivity index (χ1) is 6.45. The predicted octanol–water partition coefficient (Wildman–Crippen LogP) is -3.29. The number of rotatable bonds is 5. The molecule has 0 bridgehead atoms. The molecule has 0 heterocycles. The first kappa shape index (κ1) is 10.1. The van der Waals surface area contributed by atoms with E-state index in [1.807, 2.05) is 0 Å². The van der Waals surface area contributed by atoms with Crippen molar-refractivity contribution in [3.63, 3.8) is 0 Å². The van der Waals surface area contributed by atoms with Gasteiger partial charge in [-0.25, -0.2) is 4.79 Å². The second kappa shape index (κ2) is 4.87. The fraction of sp³-hybridized carbons (Fsp3) is 0.667. The molecule has 0 unspecified atom stereocenters. The van der Waals surface area contributed by atoms with Crippen molar-refractivity contribution < 1.29 is 35.1 Å². The molecule has 7 nitrogen and oxygen atoms in total. The minimum Gasteiger partial charge on any atom is -0.479 e. The molecule has 13 heavy (non-hydrogen) atoms. The molecule has 7 heteroatoms. The standard InChI is InChI=1S/C6H10O7/c7-1-2(8)3(9)4(10)5(11)6(12)13/h1-5,8-11H,(H,12,13)/t2-,3+,4+,5-/m0/s1/i/hD. The third-order valence-corrected chi connectivity index (χ3v) is 1.40. The summed E-state index contributed by atoms with van der Waals surface area (Å²) in [6.07, 6.45) is -8.34. The van der Waals surface area contributed by atoms with Gasteiger partial charge in [0.1, 0.15) is 18.3 Å². The predicted molar refractivity (Wildman–Crippen MR) is 37.7 cm³/mol. The van der Waals surface area contributed by atoms with Crippen LogP contribution in [0, 0.1) is 0 Å². The second-order valence-electron chi connectivity index (χ2n) is 2.37. The van der Waals surface area contributed by atoms with Crippen molar-refractivity contribution in [2.75, 3.05) is 0 Å². The molecule has 0 aromatic rings. The van der Waals surface area contributed by atoms with E-state index in [2.05, 4.69) is 5.11 Å². The average Bonchev–Trinajstić information content (AvgIpc) is 2.23. The lowest BCUT2D eigenvalue weighted by Gasteiger charge is -2.21. The zero-order chi connectivity index (χ0) is 11.3. The maximum absolute atomic E-state index is 10.5. The van der Waals surface area contributed by atoms with Crippen LogP contribution in [0.25, 0.3) is 1.43 Å². The molecule has 0 aromatic carbocycles. The van der Waals surface area contributed by atoms with Crippen molar-refractivity contribution >= 4 is 12.3 Å². The molecular weight excluding hydrogens is 184 g/mol. The van der Waals surface area contributed by atoms with Crippen molar-refractivity contribution in [1.82, 2.24) is 0 Å². The number of aliphatic hydroxyl groups excluding tert-OH is 4. The third kappa shape index (κ3) is 3.07. The molecule has 4 atom stereocenters. The van der Waals surface area contributed by atoms with E-state index >= 15 is 0 Å². The number of aldehydes is 1. The van der Waals surface area contributed by atoms with Crippen molar-refractivity contribution in [2.45, 2.75) is 24.4 Å². The molecule has 0 saturated carbocycles. The molecule has 0 rings (SSSR count). The van der Waals surface area contributed by atoms with Crippen LogP contribution in [0.3, 0.4) is 0 Å². The van der Waals surface area contributed by atoms with Crippen LogP contribution in [0.15, 0.2) is 0 Å². The van der Waals surface area contributed by atoms with Crippen molar-refractivity contribution in [2.24, 2.45) is 0 Å². The number of carbonyl (C=O) groups excluding carboxylic acids is 1. The summed E-state index contributed by atoms with van der Waals surface area (Å²) in [5.74, 6) is -1.50. The fourth-order valence-corrected chi connectivity index (χ4v) is 0.609. The molecule has 0 fully saturated rings. The summed E-state index contributed by atoms with van der Waals surface area (Å²) in [5, 5.41) is 38.8. The molecule has 0 saturated heterocycles. The van der Waals surface area contributed by atoms with Crippen LogP contribution in [0.4, 0.5) is 0 Å². The SMILES string of the molecule is [2H]OC(=O)[C@@H](O)[C@H](O)[C@H](O)[C@@H](O)C=O. The number of carboxylic acid groups (broad SMARTS) is 1. The summed E-state index contributed by atoms with van der Waals surface area (Å²) >= 11 is 0. The molecule has 76 valence electrons. The van der Waals surface area contributed by atoms with Gasteiger partial charge in [0.25, 0.3) is 1.43 Å². The smallest absolute Gasteiger partial charge is 0.335 e. The van der Waals surface area contributed by atoms with E-state index < -0.39 is 30.4 Å². The second-order valence-corrected chi connectivity index (χ2v) is 2.37. The van der Waals surface area contributed by atoms with Crippen LogP contribution in [0.1, 0.15) is 0 Å². The van der Waals surface area contributed by atoms with Gasteiger partial charge in [-0.05, 0) is 0 Å². The van der Waals surface area contributed by atoms with E-state index in [1.165, 1.54) is 0 Å². The van der Waals surface area contributed by atoms with E-state index in [1.54, 1.807) is 0 Å². The Balaban J connectivity index is 4.37. The topological polar surface area (TPSA) is 135 Å². The molecule has 0 amide bonds. The first-order valence-corrected chi connectivity index (χ1v) is 3.30. The average molecular weight is 195 g/mol. The molecule has 0 aliphatic carbocycles. The van der Waals surface area contributed by atoms with Crippen LogP contribution in [0.5, 0.6) is 0 Å².